The van der Waals surface area contributed by atoms with E-state index in [1.165, 1.54) is 0 Å². The van der Waals surface area contributed by atoms with E-state index in [2.05, 4.69) is 10.4 Å². The van der Waals surface area contributed by atoms with E-state index in [0.717, 1.165) is 12.2 Å². The maximum atomic E-state index is 6.17. The van der Waals surface area contributed by atoms with E-state index in [1.54, 1.807) is 29.1 Å². The molecule has 118 valence electrons. The third-order valence-electron chi connectivity index (χ3n) is 3.01. The summed E-state index contributed by atoms with van der Waals surface area (Å²) in [5.74, 6) is 0. The van der Waals surface area contributed by atoms with Gasteiger partial charge in [0.05, 0.1) is 22.3 Å². The first kappa shape index (κ1) is 17.3. The summed E-state index contributed by atoms with van der Waals surface area (Å²) in [6, 6.07) is 5.16. The highest BCUT2D eigenvalue weighted by atomic mass is 35.5. The van der Waals surface area contributed by atoms with Crippen LogP contribution in [0, 0.1) is 0 Å². The van der Waals surface area contributed by atoms with Crippen molar-refractivity contribution in [3.05, 3.63) is 45.2 Å². The number of hydrogen-bond acceptors (Lipinski definition) is 2. The molecular weight excluding hydrogens is 363 g/mol. The van der Waals surface area contributed by atoms with Crippen LogP contribution in [0.4, 0.5) is 5.69 Å². The fraction of sp³-hybridized carbons (Fsp3) is 0.286. The molecule has 0 saturated carbocycles. The molecule has 0 fully saturated rings. The summed E-state index contributed by atoms with van der Waals surface area (Å²) < 4.78 is 1.79. The monoisotopic (exact) mass is 376 g/mol. The quantitative estimate of drug-likeness (QED) is 0.783. The Balaban J connectivity index is 2.05. The number of rotatable bonds is 4. The summed E-state index contributed by atoms with van der Waals surface area (Å²) in [5, 5.41) is 9.74. The second-order valence-corrected chi connectivity index (χ2v) is 6.33. The number of thiocarbonyl (C=S) groups is 1. The lowest BCUT2D eigenvalue weighted by molar-refractivity contribution is 0.492. The largest absolute Gasteiger partial charge is 0.346 e. The highest BCUT2D eigenvalue weighted by Gasteiger charge is 2.13. The molecule has 22 heavy (non-hydrogen) atoms. The van der Waals surface area contributed by atoms with Crippen LogP contribution in [-0.4, -0.2) is 26.8 Å². The van der Waals surface area contributed by atoms with Crippen LogP contribution in [0.2, 0.25) is 15.1 Å². The molecule has 0 saturated heterocycles. The van der Waals surface area contributed by atoms with Gasteiger partial charge in [0.25, 0.3) is 0 Å². The van der Waals surface area contributed by atoms with E-state index in [-0.39, 0.29) is 0 Å². The van der Waals surface area contributed by atoms with Crippen LogP contribution in [-0.2, 0) is 13.1 Å². The summed E-state index contributed by atoms with van der Waals surface area (Å²) >= 11 is 23.6. The Morgan fingerprint density at radius 3 is 2.68 bits per heavy atom. The molecule has 1 aromatic carbocycles. The smallest absolute Gasteiger partial charge is 0.173 e. The van der Waals surface area contributed by atoms with Crippen LogP contribution in [0.3, 0.4) is 0 Å². The Kier molecular flexibility index (Phi) is 5.92. The van der Waals surface area contributed by atoms with Crippen molar-refractivity contribution in [3.63, 3.8) is 0 Å². The molecule has 0 aliphatic rings. The van der Waals surface area contributed by atoms with Gasteiger partial charge in [-0.25, -0.2) is 0 Å². The standard InChI is InChI=1S/C14H15Cl3N4S/c1-3-21-7-11(17)13(19-21)8-20(2)14(22)18-12-6-9(15)4-5-10(12)16/h4-7H,3,8H2,1-2H3,(H,18,22). The summed E-state index contributed by atoms with van der Waals surface area (Å²) in [6.45, 7) is 3.27. The van der Waals surface area contributed by atoms with E-state index in [1.807, 2.05) is 18.9 Å². The molecule has 0 atom stereocenters. The minimum absolute atomic E-state index is 0.496. The Bertz CT molecular complexity index is 687. The molecule has 0 radical (unpaired) electrons. The van der Waals surface area contributed by atoms with Crippen molar-refractivity contribution in [1.29, 1.82) is 0 Å². The van der Waals surface area contributed by atoms with Crippen LogP contribution >= 0.6 is 47.0 Å². The van der Waals surface area contributed by atoms with Crippen LogP contribution in [0.5, 0.6) is 0 Å². The number of halogens is 3. The Morgan fingerprint density at radius 1 is 1.32 bits per heavy atom. The number of benzene rings is 1. The second kappa shape index (κ2) is 7.51. The van der Waals surface area contributed by atoms with E-state index in [4.69, 9.17) is 47.0 Å². The zero-order valence-corrected chi connectivity index (χ0v) is 15.2. The third kappa shape index (κ3) is 4.26. The van der Waals surface area contributed by atoms with Gasteiger partial charge in [-0.3, -0.25) is 4.68 Å². The molecule has 0 aliphatic heterocycles. The molecule has 4 nitrogen and oxygen atoms in total. The van der Waals surface area contributed by atoms with Gasteiger partial charge in [-0.15, -0.1) is 0 Å². The molecular formula is C14H15Cl3N4S. The first-order chi connectivity index (χ1) is 10.4. The fourth-order valence-corrected chi connectivity index (χ4v) is 2.53. The zero-order chi connectivity index (χ0) is 16.3. The van der Waals surface area contributed by atoms with Crippen molar-refractivity contribution in [2.24, 2.45) is 0 Å². The molecule has 8 heteroatoms. The van der Waals surface area contributed by atoms with Gasteiger partial charge in [0.15, 0.2) is 5.11 Å². The van der Waals surface area contributed by atoms with Gasteiger partial charge in [0.1, 0.15) is 5.69 Å². The normalized spacial score (nSPS) is 10.6. The van der Waals surface area contributed by atoms with Crippen molar-refractivity contribution in [1.82, 2.24) is 14.7 Å². The molecule has 0 amide bonds. The summed E-state index contributed by atoms with van der Waals surface area (Å²) in [4.78, 5) is 1.83. The van der Waals surface area contributed by atoms with E-state index in [9.17, 15) is 0 Å². The SMILES string of the molecule is CCn1cc(Cl)c(CN(C)C(=S)Nc2cc(Cl)ccc2Cl)n1. The van der Waals surface area contributed by atoms with Gasteiger partial charge < -0.3 is 10.2 Å². The zero-order valence-electron chi connectivity index (χ0n) is 12.1. The average molecular weight is 378 g/mol. The molecule has 2 rings (SSSR count). The number of nitrogens with one attached hydrogen (secondary N) is 1. The van der Waals surface area contributed by atoms with Gasteiger partial charge in [-0.2, -0.15) is 5.10 Å². The topological polar surface area (TPSA) is 33.1 Å². The van der Waals surface area contributed by atoms with Crippen molar-refractivity contribution in [2.45, 2.75) is 20.0 Å². The summed E-state index contributed by atoms with van der Waals surface area (Å²) in [5.41, 5.74) is 1.43. The molecule has 1 aromatic heterocycles. The average Bonchev–Trinajstić information content (AvgIpc) is 2.83. The van der Waals surface area contributed by atoms with Crippen molar-refractivity contribution in [2.75, 3.05) is 12.4 Å². The predicted octanol–water partition coefficient (Wildman–Crippen LogP) is 4.69. The number of aryl methyl sites for hydroxylation is 1. The van der Waals surface area contributed by atoms with Gasteiger partial charge in [0.2, 0.25) is 0 Å². The lowest BCUT2D eigenvalue weighted by Gasteiger charge is -2.20. The summed E-state index contributed by atoms with van der Waals surface area (Å²) in [7, 11) is 1.86. The third-order valence-corrected chi connectivity index (χ3v) is 4.31. The molecule has 0 unspecified atom stereocenters. The number of aromatic nitrogens is 2. The van der Waals surface area contributed by atoms with Crippen LogP contribution < -0.4 is 5.32 Å². The van der Waals surface area contributed by atoms with Crippen molar-refractivity contribution in [3.8, 4) is 0 Å². The van der Waals surface area contributed by atoms with Gasteiger partial charge >= 0.3 is 0 Å². The molecule has 1 heterocycles. The lowest BCUT2D eigenvalue weighted by Crippen LogP contribution is -2.31. The Hall–Kier alpha value is -1.01. The molecule has 0 spiro atoms. The van der Waals surface area contributed by atoms with Gasteiger partial charge in [-0.05, 0) is 37.3 Å². The lowest BCUT2D eigenvalue weighted by atomic mass is 10.3. The fourth-order valence-electron chi connectivity index (χ4n) is 1.81. The van der Waals surface area contributed by atoms with Crippen molar-refractivity contribution >= 4 is 57.8 Å². The number of anilines is 1. The van der Waals surface area contributed by atoms with Gasteiger partial charge in [0, 0.05) is 24.8 Å². The number of hydrogen-bond donors (Lipinski definition) is 1. The summed E-state index contributed by atoms with van der Waals surface area (Å²) in [6.07, 6.45) is 1.80. The van der Waals surface area contributed by atoms with Crippen LogP contribution in [0.25, 0.3) is 0 Å². The van der Waals surface area contributed by atoms with Crippen LogP contribution in [0.1, 0.15) is 12.6 Å². The first-order valence-corrected chi connectivity index (χ1v) is 8.14. The Labute approximate surface area is 149 Å². The van der Waals surface area contributed by atoms with Crippen molar-refractivity contribution < 1.29 is 0 Å². The molecule has 0 aliphatic carbocycles. The number of nitrogens with zero attached hydrogens (tertiary/aromatic N) is 3. The maximum absolute atomic E-state index is 6.17. The Morgan fingerprint density at radius 2 is 2.05 bits per heavy atom. The molecule has 1 N–H and O–H groups in total. The highest BCUT2D eigenvalue weighted by molar-refractivity contribution is 7.80. The van der Waals surface area contributed by atoms with Crippen LogP contribution in [0.15, 0.2) is 24.4 Å². The molecule has 2 aromatic rings. The maximum Gasteiger partial charge on any atom is 0.173 e. The van der Waals surface area contributed by atoms with E-state index >= 15 is 0 Å². The van der Waals surface area contributed by atoms with E-state index in [0.29, 0.717) is 32.4 Å². The minimum Gasteiger partial charge on any atom is -0.346 e. The highest BCUT2D eigenvalue weighted by Crippen LogP contribution is 2.26. The predicted molar refractivity (Wildman–Crippen MR) is 97.1 cm³/mol. The second-order valence-electron chi connectivity index (χ2n) is 4.69. The minimum atomic E-state index is 0.496. The first-order valence-electron chi connectivity index (χ1n) is 6.59. The van der Waals surface area contributed by atoms with E-state index < -0.39 is 0 Å². The van der Waals surface area contributed by atoms with Gasteiger partial charge in [-0.1, -0.05) is 34.8 Å². The molecule has 0 bridgehead atoms.